The topological polar surface area (TPSA) is 38.5 Å². The molecule has 0 amide bonds. The van der Waals surface area contributed by atoms with Gasteiger partial charge in [0.05, 0.1) is 0 Å². The zero-order chi connectivity index (χ0) is 10.9. The van der Waals surface area contributed by atoms with Crippen LogP contribution in [0.1, 0.15) is 32.1 Å². The quantitative estimate of drug-likeness (QED) is 0.652. The van der Waals surface area contributed by atoms with Gasteiger partial charge < -0.3 is 15.4 Å². The summed E-state index contributed by atoms with van der Waals surface area (Å²) in [6, 6.07) is 0. The molecule has 0 aliphatic carbocycles. The minimum absolute atomic E-state index is 0.801. The van der Waals surface area contributed by atoms with Crippen LogP contribution in [0, 0.1) is 5.92 Å². The molecule has 0 unspecified atom stereocenters. The van der Waals surface area contributed by atoms with E-state index in [2.05, 4.69) is 4.90 Å². The first-order chi connectivity index (χ1) is 7.36. The molecule has 0 spiro atoms. The van der Waals surface area contributed by atoms with Crippen molar-refractivity contribution in [2.24, 2.45) is 11.7 Å². The third kappa shape index (κ3) is 5.50. The summed E-state index contributed by atoms with van der Waals surface area (Å²) in [4.78, 5) is 2.59. The van der Waals surface area contributed by atoms with Gasteiger partial charge in [0.2, 0.25) is 0 Å². The lowest BCUT2D eigenvalue weighted by molar-refractivity contribution is 0.0988. The highest BCUT2D eigenvalue weighted by atomic mass is 16.5. The third-order valence-corrected chi connectivity index (χ3v) is 3.29. The highest BCUT2D eigenvalue weighted by Gasteiger charge is 2.18. The zero-order valence-corrected chi connectivity index (χ0v) is 10.1. The van der Waals surface area contributed by atoms with E-state index in [4.69, 9.17) is 10.5 Å². The van der Waals surface area contributed by atoms with Gasteiger partial charge in [-0.3, -0.25) is 0 Å². The van der Waals surface area contributed by atoms with Crippen LogP contribution in [0.5, 0.6) is 0 Å². The Morgan fingerprint density at radius 1 is 1.20 bits per heavy atom. The maximum absolute atomic E-state index is 5.47. The van der Waals surface area contributed by atoms with Crippen LogP contribution in [0.3, 0.4) is 0 Å². The van der Waals surface area contributed by atoms with E-state index in [0.717, 1.165) is 19.1 Å². The summed E-state index contributed by atoms with van der Waals surface area (Å²) < 4.78 is 5.20. The van der Waals surface area contributed by atoms with Gasteiger partial charge in [0.25, 0.3) is 0 Å². The zero-order valence-electron chi connectivity index (χ0n) is 10.1. The first kappa shape index (κ1) is 12.9. The van der Waals surface area contributed by atoms with Crippen LogP contribution in [0.2, 0.25) is 0 Å². The summed E-state index contributed by atoms with van der Waals surface area (Å²) in [5.74, 6) is 0.801. The van der Waals surface area contributed by atoms with Crippen LogP contribution < -0.4 is 5.73 Å². The van der Waals surface area contributed by atoms with Crippen molar-refractivity contribution in [3.8, 4) is 0 Å². The van der Waals surface area contributed by atoms with E-state index < -0.39 is 0 Å². The molecule has 2 N–H and O–H groups in total. The minimum Gasteiger partial charge on any atom is -0.384 e. The first-order valence-corrected chi connectivity index (χ1v) is 6.28. The summed E-state index contributed by atoms with van der Waals surface area (Å²) >= 11 is 0. The molecule has 0 radical (unpaired) electrons. The van der Waals surface area contributed by atoms with E-state index in [1.54, 1.807) is 7.11 Å². The molecule has 1 rings (SSSR count). The van der Waals surface area contributed by atoms with Crippen LogP contribution in [-0.4, -0.2) is 44.8 Å². The van der Waals surface area contributed by atoms with Gasteiger partial charge in [0.1, 0.15) is 0 Å². The number of likely N-dealkylation sites (tertiary alicyclic amines) is 1. The Balaban J connectivity index is 1.99. The van der Waals surface area contributed by atoms with Gasteiger partial charge in [-0.15, -0.1) is 0 Å². The number of nitrogens with two attached hydrogens (primary N) is 1. The number of rotatable bonds is 7. The summed E-state index contributed by atoms with van der Waals surface area (Å²) in [7, 11) is 1.80. The fourth-order valence-corrected chi connectivity index (χ4v) is 2.27. The number of piperidine rings is 1. The maximum atomic E-state index is 5.47. The van der Waals surface area contributed by atoms with E-state index in [-0.39, 0.29) is 0 Å². The molecule has 3 nitrogen and oxygen atoms in total. The SMILES string of the molecule is COCC1CCN(CCCCCN)CC1. The molecular formula is C12H26N2O. The van der Waals surface area contributed by atoms with Gasteiger partial charge in [-0.05, 0) is 57.8 Å². The Morgan fingerprint density at radius 2 is 1.93 bits per heavy atom. The largest absolute Gasteiger partial charge is 0.384 e. The molecular weight excluding hydrogens is 188 g/mol. The van der Waals surface area contributed by atoms with E-state index >= 15 is 0 Å². The minimum atomic E-state index is 0.801. The Labute approximate surface area is 94.0 Å². The predicted molar refractivity (Wildman–Crippen MR) is 63.9 cm³/mol. The lowest BCUT2D eigenvalue weighted by Crippen LogP contribution is -2.35. The molecule has 0 aromatic carbocycles. The second-order valence-corrected chi connectivity index (χ2v) is 4.59. The fraction of sp³-hybridized carbons (Fsp3) is 1.00. The number of hydrogen-bond donors (Lipinski definition) is 1. The van der Waals surface area contributed by atoms with Crippen molar-refractivity contribution in [2.45, 2.75) is 32.1 Å². The molecule has 0 bridgehead atoms. The van der Waals surface area contributed by atoms with E-state index in [9.17, 15) is 0 Å². The molecule has 1 heterocycles. The van der Waals surface area contributed by atoms with Crippen LogP contribution in [-0.2, 0) is 4.74 Å². The van der Waals surface area contributed by atoms with Crippen LogP contribution in [0.4, 0.5) is 0 Å². The van der Waals surface area contributed by atoms with Crippen molar-refractivity contribution in [1.82, 2.24) is 4.90 Å². The molecule has 1 saturated heterocycles. The van der Waals surface area contributed by atoms with E-state index in [1.807, 2.05) is 0 Å². The molecule has 0 aromatic rings. The van der Waals surface area contributed by atoms with Crippen molar-refractivity contribution >= 4 is 0 Å². The van der Waals surface area contributed by atoms with Gasteiger partial charge in [0.15, 0.2) is 0 Å². The Hall–Kier alpha value is -0.120. The van der Waals surface area contributed by atoms with Gasteiger partial charge in [-0.1, -0.05) is 6.42 Å². The normalized spacial score (nSPS) is 19.6. The standard InChI is InChI=1S/C12H26N2O/c1-15-11-12-5-9-14(10-6-12)8-4-2-3-7-13/h12H,2-11,13H2,1H3. The first-order valence-electron chi connectivity index (χ1n) is 6.28. The van der Waals surface area contributed by atoms with Crippen LogP contribution in [0.15, 0.2) is 0 Å². The number of unbranched alkanes of at least 4 members (excludes halogenated alkanes) is 2. The molecule has 0 saturated carbocycles. The number of ether oxygens (including phenoxy) is 1. The van der Waals surface area contributed by atoms with Crippen molar-refractivity contribution in [3.05, 3.63) is 0 Å². The van der Waals surface area contributed by atoms with Crippen LogP contribution in [0.25, 0.3) is 0 Å². The summed E-state index contributed by atoms with van der Waals surface area (Å²) in [6.45, 7) is 5.57. The van der Waals surface area contributed by atoms with E-state index in [0.29, 0.717) is 0 Å². The Morgan fingerprint density at radius 3 is 2.53 bits per heavy atom. The fourth-order valence-electron chi connectivity index (χ4n) is 2.27. The molecule has 0 atom stereocenters. The molecule has 15 heavy (non-hydrogen) atoms. The molecule has 3 heteroatoms. The van der Waals surface area contributed by atoms with Crippen LogP contribution >= 0.6 is 0 Å². The summed E-state index contributed by atoms with van der Waals surface area (Å²) in [5, 5.41) is 0. The Kier molecular flexibility index (Phi) is 6.98. The average Bonchev–Trinajstić information content (AvgIpc) is 2.27. The van der Waals surface area contributed by atoms with Crippen molar-refractivity contribution in [1.29, 1.82) is 0 Å². The highest BCUT2D eigenvalue weighted by molar-refractivity contribution is 4.71. The lowest BCUT2D eigenvalue weighted by Gasteiger charge is -2.31. The molecule has 90 valence electrons. The second-order valence-electron chi connectivity index (χ2n) is 4.59. The third-order valence-electron chi connectivity index (χ3n) is 3.29. The number of hydrogen-bond acceptors (Lipinski definition) is 3. The summed E-state index contributed by atoms with van der Waals surface area (Å²) in [5.41, 5.74) is 5.47. The predicted octanol–water partition coefficient (Wildman–Crippen LogP) is 1.47. The van der Waals surface area contributed by atoms with Crippen molar-refractivity contribution < 1.29 is 4.74 Å². The lowest BCUT2D eigenvalue weighted by atomic mass is 9.97. The molecule has 0 aromatic heterocycles. The molecule has 1 fully saturated rings. The van der Waals surface area contributed by atoms with Gasteiger partial charge in [0, 0.05) is 13.7 Å². The monoisotopic (exact) mass is 214 g/mol. The number of methoxy groups -OCH3 is 1. The molecule has 1 aliphatic rings. The van der Waals surface area contributed by atoms with Crippen molar-refractivity contribution in [2.75, 3.05) is 39.9 Å². The van der Waals surface area contributed by atoms with Gasteiger partial charge in [-0.25, -0.2) is 0 Å². The smallest absolute Gasteiger partial charge is 0.0491 e. The van der Waals surface area contributed by atoms with Gasteiger partial charge in [-0.2, -0.15) is 0 Å². The van der Waals surface area contributed by atoms with Crippen molar-refractivity contribution in [3.63, 3.8) is 0 Å². The Bertz CT molecular complexity index is 142. The number of nitrogens with zero attached hydrogens (tertiary/aromatic N) is 1. The van der Waals surface area contributed by atoms with Gasteiger partial charge >= 0.3 is 0 Å². The van der Waals surface area contributed by atoms with E-state index in [1.165, 1.54) is 51.7 Å². The average molecular weight is 214 g/mol. The maximum Gasteiger partial charge on any atom is 0.0491 e. The second kappa shape index (κ2) is 8.08. The summed E-state index contributed by atoms with van der Waals surface area (Å²) in [6.07, 6.45) is 6.40. The molecule has 1 aliphatic heterocycles. The highest BCUT2D eigenvalue weighted by Crippen LogP contribution is 2.17.